The molecule has 1 fully saturated rings. The van der Waals surface area contributed by atoms with Gasteiger partial charge in [-0.1, -0.05) is 38.3 Å². The zero-order valence-electron chi connectivity index (χ0n) is 24.0. The van der Waals surface area contributed by atoms with E-state index in [-0.39, 0.29) is 36.1 Å². The van der Waals surface area contributed by atoms with Crippen LogP contribution in [0.2, 0.25) is 58.9 Å². The van der Waals surface area contributed by atoms with Crippen LogP contribution in [-0.4, -0.2) is 56.3 Å². The summed E-state index contributed by atoms with van der Waals surface area (Å²) in [5, 5.41) is 0. The molecule has 1 rings (SSSR count). The van der Waals surface area contributed by atoms with Crippen molar-refractivity contribution in [3.8, 4) is 0 Å². The lowest BCUT2D eigenvalue weighted by molar-refractivity contribution is -0.141. The number of rotatable bonds is 15. The Morgan fingerprint density at radius 1 is 0.912 bits per heavy atom. The predicted molar refractivity (Wildman–Crippen MR) is 151 cm³/mol. The van der Waals surface area contributed by atoms with Gasteiger partial charge in [-0.3, -0.25) is 4.79 Å². The Hall–Kier alpha value is -0.259. The van der Waals surface area contributed by atoms with E-state index in [1.165, 1.54) is 26.4 Å². The van der Waals surface area contributed by atoms with Gasteiger partial charge in [0.15, 0.2) is 25.0 Å². The van der Waals surface area contributed by atoms with Crippen LogP contribution in [0.15, 0.2) is 12.2 Å². The maximum Gasteiger partial charge on any atom is 0.305 e. The highest BCUT2D eigenvalue weighted by Gasteiger charge is 2.46. The second-order valence-electron chi connectivity index (χ2n) is 12.8. The summed E-state index contributed by atoms with van der Waals surface area (Å²) in [5.74, 6) is 0.312. The lowest BCUT2D eigenvalue weighted by atomic mass is 9.88. The highest BCUT2D eigenvalue weighted by molar-refractivity contribution is 6.70. The van der Waals surface area contributed by atoms with Crippen LogP contribution >= 0.6 is 0 Å². The summed E-state index contributed by atoms with van der Waals surface area (Å²) in [6, 6.07) is 0. The van der Waals surface area contributed by atoms with Gasteiger partial charge in [0, 0.05) is 12.3 Å². The molecule has 5 nitrogen and oxygen atoms in total. The molecule has 0 aromatic heterocycles. The first kappa shape index (κ1) is 31.8. The molecule has 5 atom stereocenters. The number of hydrogen-bond acceptors (Lipinski definition) is 5. The molecule has 0 saturated heterocycles. The highest BCUT2D eigenvalue weighted by atomic mass is 28.4. The second kappa shape index (κ2) is 13.9. The Labute approximate surface area is 213 Å². The number of carbonyl (C=O) groups excluding carboxylic acids is 1. The van der Waals surface area contributed by atoms with E-state index in [1.54, 1.807) is 0 Å². The average Bonchev–Trinajstić information content (AvgIpc) is 2.95. The summed E-state index contributed by atoms with van der Waals surface area (Å²) in [5.41, 5.74) is 0. The van der Waals surface area contributed by atoms with Crippen molar-refractivity contribution in [3.05, 3.63) is 12.2 Å². The van der Waals surface area contributed by atoms with Crippen molar-refractivity contribution in [2.45, 2.75) is 129 Å². The Bertz CT molecular complexity index is 634. The van der Waals surface area contributed by atoms with Crippen LogP contribution in [0, 0.1) is 11.8 Å². The molecule has 0 aromatic rings. The van der Waals surface area contributed by atoms with Crippen molar-refractivity contribution in [2.75, 3.05) is 7.11 Å². The first-order valence-corrected chi connectivity index (χ1v) is 23.6. The maximum absolute atomic E-state index is 12.0. The molecule has 0 N–H and O–H groups in total. The van der Waals surface area contributed by atoms with E-state index in [4.69, 9.17) is 18.0 Å². The Morgan fingerprint density at radius 3 is 2.00 bits per heavy atom. The van der Waals surface area contributed by atoms with E-state index < -0.39 is 25.0 Å². The molecule has 1 saturated carbocycles. The van der Waals surface area contributed by atoms with Crippen LogP contribution in [0.5, 0.6) is 0 Å². The number of ether oxygens (including phenoxy) is 1. The van der Waals surface area contributed by atoms with Gasteiger partial charge in [0.1, 0.15) is 0 Å². The van der Waals surface area contributed by atoms with Gasteiger partial charge in [-0.05, 0) is 84.1 Å². The van der Waals surface area contributed by atoms with E-state index in [9.17, 15) is 4.79 Å². The molecule has 0 radical (unpaired) electrons. The van der Waals surface area contributed by atoms with E-state index in [0.717, 1.165) is 19.3 Å². The standard InChI is InChI=1S/C26H54O5Si3/c1-12-13-14-15-21(29-32(3,4)5)16-17-22-23(18-19-26(27)28-2)25(31-34(9,10)11)20-24(22)30-33(6,7)8/h16-17,21-25H,12-15,18-20H2,1-11H3/b17-16+/t21-,22+,23+,24+,25-/m0/s1. The minimum atomic E-state index is -1.75. The van der Waals surface area contributed by atoms with Crippen molar-refractivity contribution in [2.24, 2.45) is 11.8 Å². The molecule has 0 aromatic carbocycles. The molecule has 0 amide bonds. The molecule has 0 heterocycles. The van der Waals surface area contributed by atoms with Gasteiger partial charge >= 0.3 is 5.97 Å². The summed E-state index contributed by atoms with van der Waals surface area (Å²) >= 11 is 0. The SMILES string of the molecule is CCCCC[C@@H](/C=C/[C@@H]1[C@@H](CCC(=O)OC)[C@@H](O[Si](C)(C)C)C[C@H]1O[Si](C)(C)C)O[Si](C)(C)C. The van der Waals surface area contributed by atoms with Crippen LogP contribution in [0.3, 0.4) is 0 Å². The molecule has 1 aliphatic carbocycles. The van der Waals surface area contributed by atoms with Crippen molar-refractivity contribution in [1.82, 2.24) is 0 Å². The molecule has 0 bridgehead atoms. The molecule has 34 heavy (non-hydrogen) atoms. The number of hydrogen-bond donors (Lipinski definition) is 0. The third-order valence-electron chi connectivity index (χ3n) is 5.93. The fourth-order valence-electron chi connectivity index (χ4n) is 4.78. The van der Waals surface area contributed by atoms with Crippen LogP contribution in [-0.2, 0) is 22.8 Å². The number of esters is 1. The molecular weight excluding hydrogens is 477 g/mol. The van der Waals surface area contributed by atoms with Gasteiger partial charge < -0.3 is 18.0 Å². The third-order valence-corrected chi connectivity index (χ3v) is 8.96. The van der Waals surface area contributed by atoms with E-state index in [1.807, 2.05) is 0 Å². The summed E-state index contributed by atoms with van der Waals surface area (Å²) in [4.78, 5) is 12.0. The first-order chi connectivity index (χ1) is 15.5. The molecule has 0 aliphatic heterocycles. The van der Waals surface area contributed by atoms with Crippen LogP contribution < -0.4 is 0 Å². The predicted octanol–water partition coefficient (Wildman–Crippen LogP) is 7.37. The van der Waals surface area contributed by atoms with Gasteiger partial charge in [-0.2, -0.15) is 0 Å². The minimum absolute atomic E-state index is 0.115. The number of unbranched alkanes of at least 4 members (excludes halogenated alkanes) is 2. The fraction of sp³-hybridized carbons (Fsp3) is 0.885. The first-order valence-electron chi connectivity index (χ1n) is 13.3. The molecule has 0 spiro atoms. The van der Waals surface area contributed by atoms with Gasteiger partial charge in [-0.25, -0.2) is 0 Å². The Morgan fingerprint density at radius 2 is 1.50 bits per heavy atom. The quantitative estimate of drug-likeness (QED) is 0.0957. The summed E-state index contributed by atoms with van der Waals surface area (Å²) in [6.45, 7) is 22.5. The van der Waals surface area contributed by atoms with Crippen molar-refractivity contribution >= 4 is 30.9 Å². The smallest absolute Gasteiger partial charge is 0.305 e. The van der Waals surface area contributed by atoms with Crippen molar-refractivity contribution in [1.29, 1.82) is 0 Å². The molecule has 0 unspecified atom stereocenters. The monoisotopic (exact) mass is 530 g/mol. The Balaban J connectivity index is 3.24. The minimum Gasteiger partial charge on any atom is -0.469 e. The summed E-state index contributed by atoms with van der Waals surface area (Å²) in [6.07, 6.45) is 11.8. The zero-order valence-corrected chi connectivity index (χ0v) is 27.0. The van der Waals surface area contributed by atoms with Crippen molar-refractivity contribution in [3.63, 3.8) is 0 Å². The topological polar surface area (TPSA) is 54.0 Å². The lowest BCUT2D eigenvalue weighted by Gasteiger charge is -2.30. The molecular formula is C26H54O5Si3. The zero-order chi connectivity index (χ0) is 26.2. The summed E-state index contributed by atoms with van der Waals surface area (Å²) < 4.78 is 24.9. The maximum atomic E-state index is 12.0. The van der Waals surface area contributed by atoms with E-state index in [2.05, 4.69) is 78.0 Å². The van der Waals surface area contributed by atoms with Crippen LogP contribution in [0.1, 0.15) is 51.9 Å². The Kier molecular flexibility index (Phi) is 13.0. The molecule has 8 heteroatoms. The van der Waals surface area contributed by atoms with Gasteiger partial charge in [0.05, 0.1) is 25.4 Å². The fourth-order valence-corrected chi connectivity index (χ4v) is 8.23. The largest absolute Gasteiger partial charge is 0.469 e. The van der Waals surface area contributed by atoms with Gasteiger partial charge in [0.25, 0.3) is 0 Å². The second-order valence-corrected chi connectivity index (χ2v) is 26.2. The van der Waals surface area contributed by atoms with E-state index >= 15 is 0 Å². The lowest BCUT2D eigenvalue weighted by Crippen LogP contribution is -2.35. The molecule has 200 valence electrons. The summed E-state index contributed by atoms with van der Waals surface area (Å²) in [7, 11) is -3.69. The highest BCUT2D eigenvalue weighted by Crippen LogP contribution is 2.42. The number of methoxy groups -OCH3 is 1. The third kappa shape index (κ3) is 13.2. The average molecular weight is 531 g/mol. The van der Waals surface area contributed by atoms with Crippen molar-refractivity contribution < 1.29 is 22.8 Å². The molecule has 1 aliphatic rings. The van der Waals surface area contributed by atoms with Crippen LogP contribution in [0.25, 0.3) is 0 Å². The van der Waals surface area contributed by atoms with Gasteiger partial charge in [-0.15, -0.1) is 0 Å². The van der Waals surface area contributed by atoms with Gasteiger partial charge in [0.2, 0.25) is 0 Å². The number of carbonyl (C=O) groups is 1. The normalized spacial score (nSPS) is 25.1. The van der Waals surface area contributed by atoms with Crippen LogP contribution in [0.4, 0.5) is 0 Å². The van der Waals surface area contributed by atoms with E-state index in [0.29, 0.717) is 6.42 Å².